The van der Waals surface area contributed by atoms with Gasteiger partial charge in [0.25, 0.3) is 0 Å². The maximum atomic E-state index is 12.5. The Morgan fingerprint density at radius 3 is 2.65 bits per heavy atom. The fraction of sp³-hybridized carbons (Fsp3) is 0.417. The number of carbonyl (C=O) groups excluding carboxylic acids is 1. The lowest BCUT2D eigenvalue weighted by Crippen LogP contribution is -2.50. The number of piperidine rings is 1. The van der Waals surface area contributed by atoms with Crippen LogP contribution in [0.25, 0.3) is 0 Å². The van der Waals surface area contributed by atoms with Gasteiger partial charge in [-0.1, -0.05) is 6.42 Å². The van der Waals surface area contributed by atoms with Crippen molar-refractivity contribution in [2.75, 3.05) is 12.3 Å². The molecule has 1 heterocycles. The number of phenols is 1. The highest BCUT2D eigenvalue weighted by atomic mass is 32.2. The number of carbonyl (C=O) groups is 1. The number of nitrogens with two attached hydrogens (primary N) is 2. The number of phenolic OH excluding ortho intramolecular Hbond substituents is 1. The number of benzene rings is 1. The number of rotatable bonds is 3. The standard InChI is InChI=1S/C12H17N3O4S/c13-9-7-8(4-5-11(9)16)20(18,19)15-6-2-1-3-10(15)12(14)17/h4-5,7,10,16H,1-3,6,13H2,(H2,14,17). The van der Waals surface area contributed by atoms with Crippen molar-refractivity contribution in [3.8, 4) is 5.75 Å². The Morgan fingerprint density at radius 1 is 1.35 bits per heavy atom. The molecule has 1 aromatic rings. The van der Waals surface area contributed by atoms with Crippen molar-refractivity contribution in [1.29, 1.82) is 0 Å². The number of amides is 1. The molecule has 20 heavy (non-hydrogen) atoms. The van der Waals surface area contributed by atoms with Gasteiger partial charge >= 0.3 is 0 Å². The molecule has 1 aliphatic heterocycles. The lowest BCUT2D eigenvalue weighted by Gasteiger charge is -2.32. The van der Waals surface area contributed by atoms with Gasteiger partial charge in [-0.15, -0.1) is 0 Å². The van der Waals surface area contributed by atoms with E-state index < -0.39 is 22.0 Å². The summed E-state index contributed by atoms with van der Waals surface area (Å²) in [4.78, 5) is 11.4. The molecular formula is C12H17N3O4S. The van der Waals surface area contributed by atoms with Gasteiger partial charge in [-0.3, -0.25) is 4.79 Å². The summed E-state index contributed by atoms with van der Waals surface area (Å²) in [5, 5.41) is 9.35. The molecule has 1 amide bonds. The van der Waals surface area contributed by atoms with Crippen LogP contribution in [0.2, 0.25) is 0 Å². The van der Waals surface area contributed by atoms with E-state index in [1.807, 2.05) is 0 Å². The van der Waals surface area contributed by atoms with Crippen LogP contribution in [0.3, 0.4) is 0 Å². The van der Waals surface area contributed by atoms with Crippen molar-refractivity contribution < 1.29 is 18.3 Å². The van der Waals surface area contributed by atoms with Crippen LogP contribution in [0.5, 0.6) is 5.75 Å². The maximum absolute atomic E-state index is 12.5. The zero-order valence-electron chi connectivity index (χ0n) is 10.8. The minimum absolute atomic E-state index is 0.0290. The fourth-order valence-electron chi connectivity index (χ4n) is 2.31. The Hall–Kier alpha value is -1.80. The van der Waals surface area contributed by atoms with E-state index in [1.54, 1.807) is 0 Å². The monoisotopic (exact) mass is 299 g/mol. The Labute approximate surface area is 117 Å². The highest BCUT2D eigenvalue weighted by Crippen LogP contribution is 2.29. The van der Waals surface area contributed by atoms with Crippen molar-refractivity contribution in [3.63, 3.8) is 0 Å². The van der Waals surface area contributed by atoms with Gasteiger partial charge in [0.15, 0.2) is 0 Å². The second kappa shape index (κ2) is 5.29. The molecule has 0 spiro atoms. The lowest BCUT2D eigenvalue weighted by atomic mass is 10.0. The average Bonchev–Trinajstić information content (AvgIpc) is 2.41. The highest BCUT2D eigenvalue weighted by molar-refractivity contribution is 7.89. The number of hydrogen-bond donors (Lipinski definition) is 3. The number of hydrogen-bond acceptors (Lipinski definition) is 5. The smallest absolute Gasteiger partial charge is 0.243 e. The summed E-state index contributed by atoms with van der Waals surface area (Å²) in [6.45, 7) is 0.247. The fourth-order valence-corrected chi connectivity index (χ4v) is 4.01. The van der Waals surface area contributed by atoms with Crippen molar-refractivity contribution in [1.82, 2.24) is 4.31 Å². The van der Waals surface area contributed by atoms with E-state index in [4.69, 9.17) is 11.5 Å². The number of anilines is 1. The molecule has 7 nitrogen and oxygen atoms in total. The quantitative estimate of drug-likeness (QED) is 0.535. The summed E-state index contributed by atoms with van der Waals surface area (Å²) in [6.07, 6.45) is 1.86. The first-order valence-electron chi connectivity index (χ1n) is 6.23. The molecule has 0 aliphatic carbocycles. The van der Waals surface area contributed by atoms with Gasteiger partial charge in [0.2, 0.25) is 15.9 Å². The van der Waals surface area contributed by atoms with Gasteiger partial charge in [0.05, 0.1) is 10.6 Å². The third-order valence-corrected chi connectivity index (χ3v) is 5.29. The molecule has 2 rings (SSSR count). The lowest BCUT2D eigenvalue weighted by molar-refractivity contribution is -0.122. The number of nitrogen functional groups attached to an aromatic ring is 1. The summed E-state index contributed by atoms with van der Waals surface area (Å²) in [5.74, 6) is -0.839. The van der Waals surface area contributed by atoms with Gasteiger partial charge in [-0.25, -0.2) is 8.42 Å². The van der Waals surface area contributed by atoms with Crippen molar-refractivity contribution in [2.24, 2.45) is 5.73 Å². The van der Waals surface area contributed by atoms with Crippen LogP contribution in [-0.2, 0) is 14.8 Å². The first kappa shape index (κ1) is 14.6. The Morgan fingerprint density at radius 2 is 2.05 bits per heavy atom. The summed E-state index contributed by atoms with van der Waals surface area (Å²) < 4.78 is 26.2. The number of primary amides is 1. The van der Waals surface area contributed by atoms with Gasteiger partial charge in [0.1, 0.15) is 11.8 Å². The van der Waals surface area contributed by atoms with E-state index in [-0.39, 0.29) is 22.9 Å². The van der Waals surface area contributed by atoms with Gasteiger partial charge < -0.3 is 16.6 Å². The number of nitrogens with zero attached hydrogens (tertiary/aromatic N) is 1. The minimum atomic E-state index is -3.85. The molecule has 1 saturated heterocycles. The first-order valence-corrected chi connectivity index (χ1v) is 7.67. The van der Waals surface area contributed by atoms with Crippen molar-refractivity contribution >= 4 is 21.6 Å². The van der Waals surface area contributed by atoms with Crippen LogP contribution < -0.4 is 11.5 Å². The SMILES string of the molecule is NC(=O)C1CCCCN1S(=O)(=O)c1ccc(O)c(N)c1. The van der Waals surface area contributed by atoms with Gasteiger partial charge in [-0.2, -0.15) is 4.31 Å². The summed E-state index contributed by atoms with van der Waals surface area (Å²) >= 11 is 0. The van der Waals surface area contributed by atoms with E-state index in [0.29, 0.717) is 12.8 Å². The molecular weight excluding hydrogens is 282 g/mol. The minimum Gasteiger partial charge on any atom is -0.506 e. The van der Waals surface area contributed by atoms with Crippen LogP contribution in [0.1, 0.15) is 19.3 Å². The molecule has 0 bridgehead atoms. The molecule has 5 N–H and O–H groups in total. The normalized spacial score (nSPS) is 20.7. The van der Waals surface area contributed by atoms with Crippen LogP contribution in [0, 0.1) is 0 Å². The first-order chi connectivity index (χ1) is 9.34. The molecule has 1 fully saturated rings. The molecule has 1 aromatic carbocycles. The molecule has 0 saturated carbocycles. The molecule has 0 radical (unpaired) electrons. The van der Waals surface area contributed by atoms with E-state index in [2.05, 4.69) is 0 Å². The third kappa shape index (κ3) is 2.56. The van der Waals surface area contributed by atoms with Crippen molar-refractivity contribution in [3.05, 3.63) is 18.2 Å². The summed E-state index contributed by atoms with van der Waals surface area (Å²) in [7, 11) is -3.85. The second-order valence-corrected chi connectivity index (χ2v) is 6.64. The zero-order chi connectivity index (χ0) is 14.9. The predicted octanol–water partition coefficient (Wildman–Crippen LogP) is 0.00290. The maximum Gasteiger partial charge on any atom is 0.243 e. The van der Waals surface area contributed by atoms with E-state index >= 15 is 0 Å². The zero-order valence-corrected chi connectivity index (χ0v) is 11.6. The Balaban J connectivity index is 2.42. The van der Waals surface area contributed by atoms with Crippen LogP contribution in [-0.4, -0.2) is 36.3 Å². The summed E-state index contributed by atoms with van der Waals surface area (Å²) in [6, 6.07) is 2.82. The Kier molecular flexibility index (Phi) is 3.87. The predicted molar refractivity (Wildman–Crippen MR) is 73.2 cm³/mol. The molecule has 110 valence electrons. The van der Waals surface area contributed by atoms with E-state index in [0.717, 1.165) is 10.7 Å². The molecule has 1 atom stereocenters. The van der Waals surface area contributed by atoms with Crippen LogP contribution in [0.4, 0.5) is 5.69 Å². The van der Waals surface area contributed by atoms with Gasteiger partial charge in [-0.05, 0) is 31.0 Å². The summed E-state index contributed by atoms with van der Waals surface area (Å²) in [5.41, 5.74) is 10.8. The van der Waals surface area contributed by atoms with Gasteiger partial charge in [0, 0.05) is 6.54 Å². The largest absolute Gasteiger partial charge is 0.506 e. The number of aromatic hydroxyl groups is 1. The van der Waals surface area contributed by atoms with E-state index in [9.17, 15) is 18.3 Å². The van der Waals surface area contributed by atoms with Crippen LogP contribution >= 0.6 is 0 Å². The topological polar surface area (TPSA) is 127 Å². The number of sulfonamides is 1. The molecule has 1 unspecified atom stereocenters. The second-order valence-electron chi connectivity index (χ2n) is 4.75. The Bertz CT molecular complexity index is 630. The molecule has 8 heteroatoms. The average molecular weight is 299 g/mol. The van der Waals surface area contributed by atoms with Crippen molar-refractivity contribution in [2.45, 2.75) is 30.2 Å². The highest BCUT2D eigenvalue weighted by Gasteiger charge is 2.36. The van der Waals surface area contributed by atoms with E-state index in [1.165, 1.54) is 18.2 Å². The van der Waals surface area contributed by atoms with Crippen LogP contribution in [0.15, 0.2) is 23.1 Å². The molecule has 1 aliphatic rings. The molecule has 0 aromatic heterocycles. The third-order valence-electron chi connectivity index (χ3n) is 3.39.